The molecule has 3 nitrogen and oxygen atoms in total. The monoisotopic (exact) mass is 184 g/mol. The highest BCUT2D eigenvalue weighted by atomic mass is 16.7. The van der Waals surface area contributed by atoms with E-state index in [-0.39, 0.29) is 6.29 Å². The van der Waals surface area contributed by atoms with E-state index in [1.54, 1.807) is 7.11 Å². The Morgan fingerprint density at radius 2 is 2.31 bits per heavy atom. The summed E-state index contributed by atoms with van der Waals surface area (Å²) in [6.07, 6.45) is 3.45. The fourth-order valence-corrected chi connectivity index (χ4v) is 2.36. The van der Waals surface area contributed by atoms with Gasteiger partial charge in [0.2, 0.25) is 0 Å². The second-order valence-electron chi connectivity index (χ2n) is 4.04. The molecular formula is C10H16O3. The fourth-order valence-electron chi connectivity index (χ4n) is 2.36. The topological polar surface area (TPSA) is 35.5 Å². The molecule has 0 aromatic carbocycles. The van der Waals surface area contributed by atoms with Gasteiger partial charge in [-0.15, -0.1) is 0 Å². The average molecular weight is 184 g/mol. The second kappa shape index (κ2) is 3.76. The van der Waals surface area contributed by atoms with Crippen LogP contribution in [-0.2, 0) is 14.3 Å². The van der Waals surface area contributed by atoms with Crippen molar-refractivity contribution in [2.75, 3.05) is 13.7 Å². The largest absolute Gasteiger partial charge is 0.356 e. The predicted molar refractivity (Wildman–Crippen MR) is 47.2 cm³/mol. The lowest BCUT2D eigenvalue weighted by atomic mass is 9.76. The van der Waals surface area contributed by atoms with Gasteiger partial charge in [0, 0.05) is 26.4 Å². The first-order chi connectivity index (χ1) is 6.29. The van der Waals surface area contributed by atoms with E-state index in [0.29, 0.717) is 24.2 Å². The van der Waals surface area contributed by atoms with Gasteiger partial charge in [-0.25, -0.2) is 0 Å². The number of ether oxygens (including phenoxy) is 2. The summed E-state index contributed by atoms with van der Waals surface area (Å²) in [5.41, 5.74) is 0. The highest BCUT2D eigenvalue weighted by molar-refractivity contribution is 5.79. The van der Waals surface area contributed by atoms with Gasteiger partial charge >= 0.3 is 0 Å². The molecule has 0 spiro atoms. The maximum atomic E-state index is 11.2. The summed E-state index contributed by atoms with van der Waals surface area (Å²) in [5.74, 6) is 1.52. The van der Waals surface area contributed by atoms with Crippen LogP contribution in [0.25, 0.3) is 0 Å². The van der Waals surface area contributed by atoms with Crippen LogP contribution < -0.4 is 0 Å². The SMILES string of the molecule is CO[C@H]1C[C@@H]2CCC(=O)C[C@H]2CO1. The Balaban J connectivity index is 1.94. The van der Waals surface area contributed by atoms with Crippen LogP contribution in [0.4, 0.5) is 0 Å². The molecule has 74 valence electrons. The molecule has 0 N–H and O–H groups in total. The van der Waals surface area contributed by atoms with Gasteiger partial charge in [0.05, 0.1) is 6.61 Å². The van der Waals surface area contributed by atoms with E-state index in [4.69, 9.17) is 9.47 Å². The molecule has 0 aromatic heterocycles. The number of carbonyl (C=O) groups is 1. The summed E-state index contributed by atoms with van der Waals surface area (Å²) >= 11 is 0. The van der Waals surface area contributed by atoms with E-state index < -0.39 is 0 Å². The number of rotatable bonds is 1. The minimum atomic E-state index is -0.0329. The van der Waals surface area contributed by atoms with Crippen molar-refractivity contribution >= 4 is 5.78 Å². The van der Waals surface area contributed by atoms with Crippen LogP contribution >= 0.6 is 0 Å². The van der Waals surface area contributed by atoms with Crippen LogP contribution in [0.1, 0.15) is 25.7 Å². The first-order valence-corrected chi connectivity index (χ1v) is 4.95. The maximum Gasteiger partial charge on any atom is 0.157 e. The van der Waals surface area contributed by atoms with Crippen LogP contribution in [0.15, 0.2) is 0 Å². The number of carbonyl (C=O) groups excluding carboxylic acids is 1. The molecule has 1 saturated heterocycles. The molecular weight excluding hydrogens is 168 g/mol. The number of fused-ring (bicyclic) bond motifs is 1. The van der Waals surface area contributed by atoms with Crippen LogP contribution in [0.3, 0.4) is 0 Å². The minimum Gasteiger partial charge on any atom is -0.356 e. The highest BCUT2D eigenvalue weighted by Crippen LogP contribution is 2.35. The number of hydrogen-bond donors (Lipinski definition) is 0. The number of methoxy groups -OCH3 is 1. The Labute approximate surface area is 78.4 Å². The van der Waals surface area contributed by atoms with E-state index in [2.05, 4.69) is 0 Å². The number of Topliss-reactive ketones (excluding diaryl/α,β-unsaturated/α-hetero) is 1. The molecule has 3 heteroatoms. The van der Waals surface area contributed by atoms with Crippen LogP contribution in [0.2, 0.25) is 0 Å². The van der Waals surface area contributed by atoms with Gasteiger partial charge in [0.15, 0.2) is 6.29 Å². The quantitative estimate of drug-likeness (QED) is 0.617. The predicted octanol–water partition coefficient (Wildman–Crippen LogP) is 1.36. The average Bonchev–Trinajstić information content (AvgIpc) is 2.17. The second-order valence-corrected chi connectivity index (χ2v) is 4.04. The van der Waals surface area contributed by atoms with Gasteiger partial charge in [-0.3, -0.25) is 4.79 Å². The van der Waals surface area contributed by atoms with E-state index in [0.717, 1.165) is 25.7 Å². The third-order valence-electron chi connectivity index (χ3n) is 3.20. The molecule has 0 radical (unpaired) electrons. The van der Waals surface area contributed by atoms with Gasteiger partial charge in [-0.1, -0.05) is 0 Å². The Hall–Kier alpha value is -0.410. The van der Waals surface area contributed by atoms with E-state index >= 15 is 0 Å². The first-order valence-electron chi connectivity index (χ1n) is 4.95. The van der Waals surface area contributed by atoms with Crippen molar-refractivity contribution < 1.29 is 14.3 Å². The van der Waals surface area contributed by atoms with E-state index in [1.807, 2.05) is 0 Å². The first kappa shape index (κ1) is 9.16. The molecule has 3 atom stereocenters. The van der Waals surface area contributed by atoms with E-state index in [1.165, 1.54) is 0 Å². The molecule has 1 aliphatic heterocycles. The molecule has 1 saturated carbocycles. The van der Waals surface area contributed by atoms with Crippen molar-refractivity contribution in [2.45, 2.75) is 32.0 Å². The summed E-state index contributed by atoms with van der Waals surface area (Å²) < 4.78 is 10.6. The van der Waals surface area contributed by atoms with Crippen molar-refractivity contribution in [3.63, 3.8) is 0 Å². The summed E-state index contributed by atoms with van der Waals surface area (Å²) in [5, 5.41) is 0. The Bertz CT molecular complexity index is 202. The zero-order valence-corrected chi connectivity index (χ0v) is 7.99. The van der Waals surface area contributed by atoms with Crippen molar-refractivity contribution in [3.8, 4) is 0 Å². The van der Waals surface area contributed by atoms with Gasteiger partial charge in [0.25, 0.3) is 0 Å². The van der Waals surface area contributed by atoms with Crippen molar-refractivity contribution in [2.24, 2.45) is 11.8 Å². The molecule has 2 aliphatic rings. The third-order valence-corrected chi connectivity index (χ3v) is 3.20. The Morgan fingerprint density at radius 3 is 3.08 bits per heavy atom. The molecule has 2 fully saturated rings. The van der Waals surface area contributed by atoms with Crippen molar-refractivity contribution in [3.05, 3.63) is 0 Å². The molecule has 0 bridgehead atoms. The summed E-state index contributed by atoms with van der Waals surface area (Å²) in [6.45, 7) is 0.703. The lowest BCUT2D eigenvalue weighted by Crippen LogP contribution is -2.38. The van der Waals surface area contributed by atoms with Crippen molar-refractivity contribution in [1.29, 1.82) is 0 Å². The lowest BCUT2D eigenvalue weighted by Gasteiger charge is -2.37. The summed E-state index contributed by atoms with van der Waals surface area (Å²) in [6, 6.07) is 0. The molecule has 1 heterocycles. The normalized spacial score (nSPS) is 40.1. The number of hydrogen-bond acceptors (Lipinski definition) is 3. The molecule has 0 aromatic rings. The molecule has 0 amide bonds. The summed E-state index contributed by atoms with van der Waals surface area (Å²) in [4.78, 5) is 11.2. The zero-order chi connectivity index (χ0) is 9.26. The minimum absolute atomic E-state index is 0.0329. The van der Waals surface area contributed by atoms with Crippen molar-refractivity contribution in [1.82, 2.24) is 0 Å². The lowest BCUT2D eigenvalue weighted by molar-refractivity contribution is -0.182. The van der Waals surface area contributed by atoms with Gasteiger partial charge in [0.1, 0.15) is 5.78 Å². The fraction of sp³-hybridized carbons (Fsp3) is 0.900. The van der Waals surface area contributed by atoms with E-state index in [9.17, 15) is 4.79 Å². The van der Waals surface area contributed by atoms with Gasteiger partial charge in [-0.2, -0.15) is 0 Å². The van der Waals surface area contributed by atoms with Crippen LogP contribution in [-0.4, -0.2) is 25.8 Å². The maximum absolute atomic E-state index is 11.2. The molecule has 13 heavy (non-hydrogen) atoms. The molecule has 1 aliphatic carbocycles. The van der Waals surface area contributed by atoms with Gasteiger partial charge < -0.3 is 9.47 Å². The van der Waals surface area contributed by atoms with Crippen LogP contribution in [0, 0.1) is 11.8 Å². The standard InChI is InChI=1S/C10H16O3/c1-12-10-5-7-2-3-9(11)4-8(7)6-13-10/h7-8,10H,2-6H2,1H3/t7-,8-,10+/m0/s1. The third kappa shape index (κ3) is 1.92. The highest BCUT2D eigenvalue weighted by Gasteiger charge is 2.35. The zero-order valence-electron chi connectivity index (χ0n) is 7.99. The molecule has 2 rings (SSSR count). The molecule has 0 unspecified atom stereocenters. The number of ketones is 1. The van der Waals surface area contributed by atoms with Crippen LogP contribution in [0.5, 0.6) is 0 Å². The van der Waals surface area contributed by atoms with Gasteiger partial charge in [-0.05, 0) is 18.3 Å². The summed E-state index contributed by atoms with van der Waals surface area (Å²) in [7, 11) is 1.68. The Kier molecular flexibility index (Phi) is 2.65. The smallest absolute Gasteiger partial charge is 0.157 e. The Morgan fingerprint density at radius 1 is 1.46 bits per heavy atom.